The minimum absolute atomic E-state index is 0.231. The second-order valence-corrected chi connectivity index (χ2v) is 19.7. The molecule has 0 saturated heterocycles. The molecule has 1 heterocycles. The van der Waals surface area contributed by atoms with Gasteiger partial charge in [0.1, 0.15) is 23.0 Å². The molecule has 7 rings (SSSR count). The quantitative estimate of drug-likeness (QED) is 0.0251. The van der Waals surface area contributed by atoms with Crippen LogP contribution in [0.1, 0.15) is 149 Å². The average Bonchev–Trinajstić information content (AvgIpc) is 3.38. The average molecular weight is 985 g/mol. The van der Waals surface area contributed by atoms with Crippen molar-refractivity contribution in [3.8, 4) is 17.2 Å². The third-order valence-corrected chi connectivity index (χ3v) is 12.6. The van der Waals surface area contributed by atoms with Gasteiger partial charge in [-0.05, 0) is 172 Å². The molecule has 13 heteroatoms. The summed E-state index contributed by atoms with van der Waals surface area (Å²) < 4.78 is 22.9. The summed E-state index contributed by atoms with van der Waals surface area (Å²) in [7, 11) is 0. The van der Waals surface area contributed by atoms with Crippen molar-refractivity contribution in [3.05, 3.63) is 162 Å². The van der Waals surface area contributed by atoms with Crippen molar-refractivity contribution in [2.24, 2.45) is 20.5 Å². The standard InChI is InChI=1S/C60H66N5O8/c1-6-7-8-9-10-11-12-13-14-15-16-17-38-70-52-36-31-51(32-37-52)64-63-50-29-27-49(28-30-50)62-61-48-25-20-44(21-26-48)56(66)72-54-35-22-43-18-19-46(39-47(43)40-54)58(68)71-53-33-23-45(24-34-53)57(67)73-55-41-59(2,3)65(69)60(4,5)42-55/h18-37,39-41H,6-17,38,42H2,1-5H3. The topological polar surface area (TPSA) is 161 Å². The number of unbranched alkanes of at least 4 members (excludes halogenated alkanes) is 11. The van der Waals surface area contributed by atoms with Crippen molar-refractivity contribution in [2.45, 2.75) is 129 Å². The highest BCUT2D eigenvalue weighted by atomic mass is 16.5. The van der Waals surface area contributed by atoms with Gasteiger partial charge in [-0.1, -0.05) is 89.7 Å². The van der Waals surface area contributed by atoms with Gasteiger partial charge in [0.05, 0.1) is 57.1 Å². The van der Waals surface area contributed by atoms with Gasteiger partial charge in [-0.2, -0.15) is 20.5 Å². The molecule has 6 aromatic carbocycles. The van der Waals surface area contributed by atoms with E-state index in [4.69, 9.17) is 18.9 Å². The molecule has 379 valence electrons. The summed E-state index contributed by atoms with van der Waals surface area (Å²) in [5.41, 5.74) is 1.85. The maximum absolute atomic E-state index is 13.2. The van der Waals surface area contributed by atoms with Gasteiger partial charge in [0.2, 0.25) is 0 Å². The smallest absolute Gasteiger partial charge is 0.343 e. The number of rotatable bonds is 24. The zero-order chi connectivity index (χ0) is 51.6. The zero-order valence-electron chi connectivity index (χ0n) is 42.7. The predicted octanol–water partition coefficient (Wildman–Crippen LogP) is 16.8. The van der Waals surface area contributed by atoms with Crippen molar-refractivity contribution < 1.29 is 38.5 Å². The Morgan fingerprint density at radius 2 is 0.877 bits per heavy atom. The number of hydrogen-bond acceptors (Lipinski definition) is 12. The van der Waals surface area contributed by atoms with Gasteiger partial charge in [0.25, 0.3) is 0 Å². The minimum Gasteiger partial charge on any atom is -0.494 e. The first-order valence-corrected chi connectivity index (χ1v) is 25.5. The largest absolute Gasteiger partial charge is 0.494 e. The van der Waals surface area contributed by atoms with E-state index in [0.29, 0.717) is 39.5 Å². The van der Waals surface area contributed by atoms with Crippen LogP contribution in [-0.4, -0.2) is 40.7 Å². The lowest BCUT2D eigenvalue weighted by atomic mass is 9.86. The Morgan fingerprint density at radius 1 is 0.466 bits per heavy atom. The van der Waals surface area contributed by atoms with Gasteiger partial charge < -0.3 is 18.9 Å². The highest BCUT2D eigenvalue weighted by Crippen LogP contribution is 2.37. The number of hydroxylamine groups is 2. The summed E-state index contributed by atoms with van der Waals surface area (Å²) in [6.45, 7) is 10.1. The third kappa shape index (κ3) is 16.1. The van der Waals surface area contributed by atoms with Crippen molar-refractivity contribution in [3.63, 3.8) is 0 Å². The minimum atomic E-state index is -0.836. The number of nitrogens with zero attached hydrogens (tertiary/aromatic N) is 5. The van der Waals surface area contributed by atoms with E-state index in [1.54, 1.807) is 107 Å². The van der Waals surface area contributed by atoms with Gasteiger partial charge in [0.15, 0.2) is 0 Å². The summed E-state index contributed by atoms with van der Waals surface area (Å²) >= 11 is 0. The van der Waals surface area contributed by atoms with Crippen LogP contribution in [0.15, 0.2) is 166 Å². The molecule has 0 amide bonds. The number of carbonyl (C=O) groups excluding carboxylic acids is 3. The van der Waals surface area contributed by atoms with Crippen molar-refractivity contribution in [2.75, 3.05) is 6.61 Å². The number of carbonyl (C=O) groups is 3. The fourth-order valence-corrected chi connectivity index (χ4v) is 8.65. The summed E-state index contributed by atoms with van der Waals surface area (Å²) in [6, 6.07) is 37.7. The van der Waals surface area contributed by atoms with Gasteiger partial charge >= 0.3 is 17.9 Å². The van der Waals surface area contributed by atoms with Crippen LogP contribution in [0.3, 0.4) is 0 Å². The fraction of sp³-hybridized carbons (Fsp3) is 0.350. The molecule has 1 radical (unpaired) electrons. The van der Waals surface area contributed by atoms with Crippen molar-refractivity contribution in [1.82, 2.24) is 5.06 Å². The van der Waals surface area contributed by atoms with Crippen LogP contribution in [0.25, 0.3) is 10.8 Å². The molecule has 0 bridgehead atoms. The van der Waals surface area contributed by atoms with E-state index in [1.165, 1.54) is 94.9 Å². The van der Waals surface area contributed by atoms with E-state index in [0.717, 1.165) is 34.9 Å². The molecule has 0 aromatic heterocycles. The molecule has 0 aliphatic carbocycles. The molecular formula is C60H66N5O8. The summed E-state index contributed by atoms with van der Waals surface area (Å²) in [4.78, 5) is 39.3. The van der Waals surface area contributed by atoms with E-state index in [-0.39, 0.29) is 23.3 Å². The number of fused-ring (bicyclic) bond motifs is 1. The molecule has 1 aliphatic rings. The zero-order valence-corrected chi connectivity index (χ0v) is 42.7. The highest BCUT2D eigenvalue weighted by Gasteiger charge is 2.43. The van der Waals surface area contributed by atoms with Crippen molar-refractivity contribution >= 4 is 51.4 Å². The lowest BCUT2D eigenvalue weighted by molar-refractivity contribution is -0.265. The third-order valence-electron chi connectivity index (χ3n) is 12.6. The highest BCUT2D eigenvalue weighted by molar-refractivity contribution is 5.97. The molecule has 0 spiro atoms. The normalized spacial score (nSPS) is 14.3. The number of benzene rings is 6. The summed E-state index contributed by atoms with van der Waals surface area (Å²) in [5, 5.41) is 32.5. The molecule has 0 N–H and O–H groups in total. The van der Waals surface area contributed by atoms with Crippen LogP contribution in [0, 0.1) is 0 Å². The second kappa shape index (κ2) is 25.9. The van der Waals surface area contributed by atoms with Crippen molar-refractivity contribution in [1.29, 1.82) is 0 Å². The molecule has 0 unspecified atom stereocenters. The molecule has 0 saturated carbocycles. The van der Waals surface area contributed by atoms with Crippen LogP contribution in [0.2, 0.25) is 0 Å². The molecule has 0 fully saturated rings. The first kappa shape index (κ1) is 53.4. The number of esters is 3. The van der Waals surface area contributed by atoms with E-state index < -0.39 is 29.0 Å². The monoisotopic (exact) mass is 984 g/mol. The number of azo groups is 2. The summed E-state index contributed by atoms with van der Waals surface area (Å²) in [5.74, 6) is 0.0202. The van der Waals surface area contributed by atoms with Crippen LogP contribution < -0.4 is 14.2 Å². The fourth-order valence-electron chi connectivity index (χ4n) is 8.65. The van der Waals surface area contributed by atoms with E-state index in [2.05, 4.69) is 27.4 Å². The molecule has 1 aliphatic heterocycles. The van der Waals surface area contributed by atoms with E-state index in [9.17, 15) is 19.6 Å². The predicted molar refractivity (Wildman–Crippen MR) is 283 cm³/mol. The summed E-state index contributed by atoms with van der Waals surface area (Å²) in [6.07, 6.45) is 17.8. The Hall–Kier alpha value is -7.35. The Bertz CT molecular complexity index is 2870. The molecule has 13 nitrogen and oxygen atoms in total. The van der Waals surface area contributed by atoms with Gasteiger partial charge in [-0.3, -0.25) is 0 Å². The lowest BCUT2D eigenvalue weighted by Crippen LogP contribution is -2.54. The van der Waals surface area contributed by atoms with Crippen LogP contribution in [0.4, 0.5) is 22.7 Å². The number of hydrogen-bond donors (Lipinski definition) is 0. The lowest BCUT2D eigenvalue weighted by Gasteiger charge is -2.44. The van der Waals surface area contributed by atoms with Crippen LogP contribution >= 0.6 is 0 Å². The SMILES string of the molecule is CCCCCCCCCCCCCCOc1ccc(N=Nc2ccc(N=Nc3ccc(C(=O)Oc4ccc5ccc(C(=O)Oc6ccc(C(=O)OC7=CC(C)(C)N([O])C(C)(C)C7)cc6)cc5c4)cc3)cc2)cc1. The van der Waals surface area contributed by atoms with Gasteiger partial charge in [-0.25, -0.2) is 14.4 Å². The Kier molecular flexibility index (Phi) is 18.9. The van der Waals surface area contributed by atoms with Crippen LogP contribution in [-0.2, 0) is 9.94 Å². The molecule has 73 heavy (non-hydrogen) atoms. The second-order valence-electron chi connectivity index (χ2n) is 19.7. The maximum atomic E-state index is 13.2. The molecular weight excluding hydrogens is 919 g/mol. The van der Waals surface area contributed by atoms with Gasteiger partial charge in [-0.15, -0.1) is 10.3 Å². The first-order chi connectivity index (χ1) is 35.2. The van der Waals surface area contributed by atoms with E-state index >= 15 is 0 Å². The Labute approximate surface area is 428 Å². The first-order valence-electron chi connectivity index (χ1n) is 25.5. The Balaban J connectivity index is 0.825. The maximum Gasteiger partial charge on any atom is 0.343 e. The van der Waals surface area contributed by atoms with E-state index in [1.807, 2.05) is 36.4 Å². The van der Waals surface area contributed by atoms with Crippen LogP contribution in [0.5, 0.6) is 17.2 Å². The molecule has 0 atom stereocenters. The number of ether oxygens (including phenoxy) is 4. The molecule has 6 aromatic rings. The van der Waals surface area contributed by atoms with Gasteiger partial charge in [0, 0.05) is 6.42 Å². The Morgan fingerprint density at radius 3 is 1.42 bits per heavy atom.